The second kappa shape index (κ2) is 4.97. The number of thiazole rings is 1. The molecule has 0 aliphatic rings. The van der Waals surface area contributed by atoms with Crippen LogP contribution in [0.25, 0.3) is 37.9 Å². The molecule has 0 amide bonds. The largest absolute Gasteiger partial charge is 0.333 e. The first-order valence-corrected chi connectivity index (χ1v) is 8.22. The summed E-state index contributed by atoms with van der Waals surface area (Å²) in [7, 11) is 0. The van der Waals surface area contributed by atoms with Crippen LogP contribution in [0.5, 0.6) is 0 Å². The molecular weight excluding hydrogens is 322 g/mol. The lowest BCUT2D eigenvalue weighted by atomic mass is 10.1. The molecule has 0 bridgehead atoms. The van der Waals surface area contributed by atoms with Gasteiger partial charge < -0.3 is 4.52 Å². The standard InChI is InChI=1S/C17H11N5OS/c1-10-15(24-14-8-18-9-22(10)14)17-20-16(21-23-17)12-4-5-13-11(7-12)3-2-6-19-13/h2-9H,1H3. The van der Waals surface area contributed by atoms with Crippen molar-refractivity contribution in [2.24, 2.45) is 0 Å². The van der Waals surface area contributed by atoms with Crippen molar-refractivity contribution in [2.75, 3.05) is 0 Å². The highest BCUT2D eigenvalue weighted by molar-refractivity contribution is 7.20. The Morgan fingerprint density at radius 2 is 2.17 bits per heavy atom. The summed E-state index contributed by atoms with van der Waals surface area (Å²) in [6, 6.07) is 9.88. The van der Waals surface area contributed by atoms with Gasteiger partial charge in [0.05, 0.1) is 11.7 Å². The van der Waals surface area contributed by atoms with Crippen molar-refractivity contribution >= 4 is 27.1 Å². The van der Waals surface area contributed by atoms with Gasteiger partial charge in [-0.2, -0.15) is 4.98 Å². The maximum absolute atomic E-state index is 5.50. The van der Waals surface area contributed by atoms with Crippen LogP contribution in [-0.2, 0) is 0 Å². The number of imidazole rings is 1. The maximum atomic E-state index is 5.50. The number of hydrogen-bond acceptors (Lipinski definition) is 6. The predicted octanol–water partition coefficient (Wildman–Crippen LogP) is 3.97. The number of nitrogens with zero attached hydrogens (tertiary/aromatic N) is 5. The van der Waals surface area contributed by atoms with Gasteiger partial charge in [-0.3, -0.25) is 9.38 Å². The number of benzene rings is 1. The van der Waals surface area contributed by atoms with E-state index >= 15 is 0 Å². The van der Waals surface area contributed by atoms with Crippen LogP contribution < -0.4 is 0 Å². The number of hydrogen-bond donors (Lipinski definition) is 0. The molecule has 4 aromatic heterocycles. The van der Waals surface area contributed by atoms with Gasteiger partial charge in [0.25, 0.3) is 5.89 Å². The van der Waals surface area contributed by atoms with Crippen molar-refractivity contribution in [3.63, 3.8) is 0 Å². The maximum Gasteiger partial charge on any atom is 0.270 e. The van der Waals surface area contributed by atoms with Crippen molar-refractivity contribution in [2.45, 2.75) is 6.92 Å². The third-order valence-corrected chi connectivity index (χ3v) is 5.17. The van der Waals surface area contributed by atoms with Crippen LogP contribution in [0.4, 0.5) is 0 Å². The molecule has 0 saturated carbocycles. The lowest BCUT2D eigenvalue weighted by Gasteiger charge is -1.98. The van der Waals surface area contributed by atoms with E-state index in [0.717, 1.165) is 31.9 Å². The molecule has 5 rings (SSSR count). The minimum absolute atomic E-state index is 0.530. The summed E-state index contributed by atoms with van der Waals surface area (Å²) in [5.41, 5.74) is 2.90. The molecule has 0 spiro atoms. The molecule has 0 aliphatic heterocycles. The summed E-state index contributed by atoms with van der Waals surface area (Å²) in [6.45, 7) is 2.02. The van der Waals surface area contributed by atoms with E-state index in [4.69, 9.17) is 4.52 Å². The van der Waals surface area contributed by atoms with Crippen molar-refractivity contribution in [3.8, 4) is 22.2 Å². The number of fused-ring (bicyclic) bond motifs is 2. The fraction of sp³-hybridized carbons (Fsp3) is 0.0588. The minimum Gasteiger partial charge on any atom is -0.333 e. The van der Waals surface area contributed by atoms with Crippen molar-refractivity contribution in [1.82, 2.24) is 24.5 Å². The second-order valence-corrected chi connectivity index (χ2v) is 6.48. The molecule has 0 radical (unpaired) electrons. The third-order valence-electron chi connectivity index (χ3n) is 3.98. The molecule has 0 N–H and O–H groups in total. The molecule has 116 valence electrons. The number of pyridine rings is 1. The Morgan fingerprint density at radius 3 is 3.08 bits per heavy atom. The Balaban J connectivity index is 1.60. The predicted molar refractivity (Wildman–Crippen MR) is 91.8 cm³/mol. The van der Waals surface area contributed by atoms with Crippen LogP contribution in [0, 0.1) is 6.92 Å². The lowest BCUT2D eigenvalue weighted by Crippen LogP contribution is -1.85. The van der Waals surface area contributed by atoms with Crippen LogP contribution in [0.1, 0.15) is 5.69 Å². The molecule has 1 aromatic carbocycles. The normalized spacial score (nSPS) is 11.5. The summed E-state index contributed by atoms with van der Waals surface area (Å²) in [6.07, 6.45) is 5.40. The van der Waals surface area contributed by atoms with Gasteiger partial charge in [0.2, 0.25) is 5.82 Å². The van der Waals surface area contributed by atoms with Gasteiger partial charge in [0.1, 0.15) is 16.0 Å². The van der Waals surface area contributed by atoms with Crippen LogP contribution in [-0.4, -0.2) is 24.5 Å². The van der Waals surface area contributed by atoms with Crippen LogP contribution >= 0.6 is 11.3 Å². The van der Waals surface area contributed by atoms with Crippen LogP contribution in [0.15, 0.2) is 53.6 Å². The van der Waals surface area contributed by atoms with Gasteiger partial charge in [-0.1, -0.05) is 11.2 Å². The van der Waals surface area contributed by atoms with Gasteiger partial charge in [-0.15, -0.1) is 11.3 Å². The van der Waals surface area contributed by atoms with Crippen molar-refractivity contribution in [1.29, 1.82) is 0 Å². The van der Waals surface area contributed by atoms with E-state index in [1.807, 2.05) is 47.9 Å². The smallest absolute Gasteiger partial charge is 0.270 e. The number of rotatable bonds is 2. The molecule has 5 aromatic rings. The highest BCUT2D eigenvalue weighted by Crippen LogP contribution is 2.33. The highest BCUT2D eigenvalue weighted by atomic mass is 32.1. The van der Waals surface area contributed by atoms with Crippen LogP contribution in [0.3, 0.4) is 0 Å². The van der Waals surface area contributed by atoms with Gasteiger partial charge in [-0.05, 0) is 31.2 Å². The highest BCUT2D eigenvalue weighted by Gasteiger charge is 2.17. The van der Waals surface area contributed by atoms with E-state index in [2.05, 4.69) is 20.1 Å². The number of aryl methyl sites for hydroxylation is 1. The molecular formula is C17H11N5OS. The Kier molecular flexibility index (Phi) is 2.77. The molecule has 6 nitrogen and oxygen atoms in total. The molecule has 0 unspecified atom stereocenters. The second-order valence-electron chi connectivity index (χ2n) is 5.45. The minimum atomic E-state index is 0.530. The Bertz CT molecular complexity index is 1190. The fourth-order valence-corrected chi connectivity index (χ4v) is 3.77. The van der Waals surface area contributed by atoms with Crippen LogP contribution in [0.2, 0.25) is 0 Å². The zero-order valence-electron chi connectivity index (χ0n) is 12.7. The molecule has 24 heavy (non-hydrogen) atoms. The Morgan fingerprint density at radius 1 is 1.21 bits per heavy atom. The average Bonchev–Trinajstić information content (AvgIpc) is 3.32. The monoisotopic (exact) mass is 333 g/mol. The van der Waals surface area contributed by atoms with E-state index in [9.17, 15) is 0 Å². The summed E-state index contributed by atoms with van der Waals surface area (Å²) >= 11 is 1.59. The van der Waals surface area contributed by atoms with E-state index < -0.39 is 0 Å². The molecule has 4 heterocycles. The van der Waals surface area contributed by atoms with Gasteiger partial charge in [-0.25, -0.2) is 4.98 Å². The zero-order valence-corrected chi connectivity index (χ0v) is 13.5. The molecule has 0 fully saturated rings. The molecule has 0 saturated heterocycles. The molecule has 7 heteroatoms. The SMILES string of the molecule is Cc1c(-c2nc(-c3ccc4ncccc4c3)no2)sc2cncn12. The summed E-state index contributed by atoms with van der Waals surface area (Å²) in [4.78, 5) is 15.1. The van der Waals surface area contributed by atoms with E-state index in [0.29, 0.717) is 11.7 Å². The van der Waals surface area contributed by atoms with E-state index in [1.54, 1.807) is 23.9 Å². The van der Waals surface area contributed by atoms with Crippen molar-refractivity contribution < 1.29 is 4.52 Å². The first-order chi connectivity index (χ1) is 11.8. The first kappa shape index (κ1) is 13.4. The molecule has 0 aliphatic carbocycles. The quantitative estimate of drug-likeness (QED) is 0.489. The summed E-state index contributed by atoms with van der Waals surface area (Å²) < 4.78 is 7.52. The topological polar surface area (TPSA) is 69.1 Å². The summed E-state index contributed by atoms with van der Waals surface area (Å²) in [5, 5.41) is 5.19. The lowest BCUT2D eigenvalue weighted by molar-refractivity contribution is 0.433. The Hall–Kier alpha value is -3.06. The summed E-state index contributed by atoms with van der Waals surface area (Å²) in [5.74, 6) is 1.11. The Labute approximate surface area is 140 Å². The average molecular weight is 333 g/mol. The van der Waals surface area contributed by atoms with Gasteiger partial charge in [0, 0.05) is 22.8 Å². The number of aromatic nitrogens is 5. The third kappa shape index (κ3) is 1.95. The zero-order chi connectivity index (χ0) is 16.1. The van der Waals surface area contributed by atoms with E-state index in [-0.39, 0.29) is 0 Å². The molecule has 0 atom stereocenters. The first-order valence-electron chi connectivity index (χ1n) is 7.40. The van der Waals surface area contributed by atoms with E-state index in [1.165, 1.54) is 0 Å². The van der Waals surface area contributed by atoms with Gasteiger partial charge in [0.15, 0.2) is 0 Å². The fourth-order valence-electron chi connectivity index (χ4n) is 2.74. The van der Waals surface area contributed by atoms with Crippen molar-refractivity contribution in [3.05, 3.63) is 54.7 Å². The van der Waals surface area contributed by atoms with Gasteiger partial charge >= 0.3 is 0 Å².